The maximum Gasteiger partial charge on any atom is 0.0889 e. The summed E-state index contributed by atoms with van der Waals surface area (Å²) in [7, 11) is 0. The van der Waals surface area contributed by atoms with Crippen molar-refractivity contribution in [3.05, 3.63) is 35.9 Å². The standard InChI is InChI=1S/C16H26N2O/c1-3-19-16(11-9-13(2)10-12-16)15(18-17)14-7-5-4-6-8-14/h4-8,13,15,18H,3,9-12,17H2,1-2H3. The van der Waals surface area contributed by atoms with Crippen LogP contribution in [0.2, 0.25) is 0 Å². The zero-order chi connectivity index (χ0) is 13.7. The molecule has 1 aromatic rings. The molecular formula is C16H26N2O. The van der Waals surface area contributed by atoms with Gasteiger partial charge in [0.05, 0.1) is 11.6 Å². The molecule has 106 valence electrons. The molecule has 0 heterocycles. The van der Waals surface area contributed by atoms with Gasteiger partial charge in [-0.15, -0.1) is 0 Å². The van der Waals surface area contributed by atoms with Gasteiger partial charge in [-0.3, -0.25) is 11.3 Å². The molecule has 1 unspecified atom stereocenters. The van der Waals surface area contributed by atoms with Gasteiger partial charge in [-0.1, -0.05) is 37.3 Å². The quantitative estimate of drug-likeness (QED) is 0.633. The number of ether oxygens (including phenoxy) is 1. The van der Waals surface area contributed by atoms with Crippen LogP contribution in [0.4, 0.5) is 0 Å². The number of hydrazine groups is 1. The first-order valence-electron chi connectivity index (χ1n) is 7.37. The van der Waals surface area contributed by atoms with Crippen molar-refractivity contribution >= 4 is 0 Å². The van der Waals surface area contributed by atoms with E-state index in [1.54, 1.807) is 0 Å². The van der Waals surface area contributed by atoms with Crippen LogP contribution < -0.4 is 11.3 Å². The van der Waals surface area contributed by atoms with Crippen LogP contribution in [0.3, 0.4) is 0 Å². The summed E-state index contributed by atoms with van der Waals surface area (Å²) in [5.41, 5.74) is 4.06. The number of nitrogens with two attached hydrogens (primary N) is 1. The fraction of sp³-hybridized carbons (Fsp3) is 0.625. The van der Waals surface area contributed by atoms with Crippen molar-refractivity contribution in [1.82, 2.24) is 5.43 Å². The average molecular weight is 262 g/mol. The van der Waals surface area contributed by atoms with Crippen molar-refractivity contribution in [2.24, 2.45) is 11.8 Å². The first-order valence-corrected chi connectivity index (χ1v) is 7.37. The summed E-state index contributed by atoms with van der Waals surface area (Å²) in [5, 5.41) is 0. The largest absolute Gasteiger partial charge is 0.373 e. The molecule has 3 nitrogen and oxygen atoms in total. The Morgan fingerprint density at radius 2 is 1.95 bits per heavy atom. The Morgan fingerprint density at radius 3 is 2.47 bits per heavy atom. The van der Waals surface area contributed by atoms with Gasteiger partial charge in [-0.2, -0.15) is 0 Å². The Balaban J connectivity index is 2.26. The van der Waals surface area contributed by atoms with Crippen molar-refractivity contribution in [1.29, 1.82) is 0 Å². The van der Waals surface area contributed by atoms with Gasteiger partial charge < -0.3 is 4.74 Å². The predicted molar refractivity (Wildman–Crippen MR) is 78.5 cm³/mol. The molecule has 0 saturated heterocycles. The summed E-state index contributed by atoms with van der Waals surface area (Å²) in [6, 6.07) is 10.5. The Labute approximate surface area is 116 Å². The van der Waals surface area contributed by atoms with Crippen molar-refractivity contribution in [2.45, 2.75) is 51.2 Å². The van der Waals surface area contributed by atoms with Crippen LogP contribution in [0.1, 0.15) is 51.1 Å². The third kappa shape index (κ3) is 3.16. The first kappa shape index (κ1) is 14.5. The second kappa shape index (κ2) is 6.51. The molecule has 19 heavy (non-hydrogen) atoms. The van der Waals surface area contributed by atoms with Gasteiger partial charge in [0.2, 0.25) is 0 Å². The van der Waals surface area contributed by atoms with E-state index in [9.17, 15) is 0 Å². The maximum atomic E-state index is 6.18. The summed E-state index contributed by atoms with van der Waals surface area (Å²) < 4.78 is 6.18. The van der Waals surface area contributed by atoms with Crippen LogP contribution in [-0.2, 0) is 4.74 Å². The summed E-state index contributed by atoms with van der Waals surface area (Å²) in [6.45, 7) is 5.13. The molecule has 1 aliphatic rings. The van der Waals surface area contributed by atoms with E-state index in [4.69, 9.17) is 10.6 Å². The Kier molecular flexibility index (Phi) is 4.97. The number of benzene rings is 1. The molecule has 0 aliphatic heterocycles. The first-order chi connectivity index (χ1) is 9.22. The van der Waals surface area contributed by atoms with Crippen LogP contribution in [-0.4, -0.2) is 12.2 Å². The Morgan fingerprint density at radius 1 is 1.32 bits per heavy atom. The molecule has 2 rings (SSSR count). The van der Waals surface area contributed by atoms with Crippen LogP contribution in [0.5, 0.6) is 0 Å². The Bertz CT molecular complexity index is 372. The highest BCUT2D eigenvalue weighted by molar-refractivity contribution is 5.22. The normalized spacial score (nSPS) is 29.1. The molecule has 0 spiro atoms. The molecule has 1 atom stereocenters. The van der Waals surface area contributed by atoms with Gasteiger partial charge in [0.1, 0.15) is 0 Å². The highest BCUT2D eigenvalue weighted by Gasteiger charge is 2.42. The minimum atomic E-state index is -0.155. The minimum Gasteiger partial charge on any atom is -0.373 e. The van der Waals surface area contributed by atoms with Crippen LogP contribution >= 0.6 is 0 Å². The molecule has 0 aromatic heterocycles. The lowest BCUT2D eigenvalue weighted by Crippen LogP contribution is -2.50. The van der Waals surface area contributed by atoms with E-state index in [0.717, 1.165) is 25.4 Å². The number of hydrogen-bond acceptors (Lipinski definition) is 3. The van der Waals surface area contributed by atoms with Crippen molar-refractivity contribution in [3.8, 4) is 0 Å². The lowest BCUT2D eigenvalue weighted by atomic mass is 9.73. The molecule has 1 fully saturated rings. The second-order valence-corrected chi connectivity index (χ2v) is 5.69. The van der Waals surface area contributed by atoms with Gasteiger partial charge in [0.25, 0.3) is 0 Å². The van der Waals surface area contributed by atoms with Crippen molar-refractivity contribution in [3.63, 3.8) is 0 Å². The van der Waals surface area contributed by atoms with E-state index in [1.165, 1.54) is 18.4 Å². The van der Waals surface area contributed by atoms with E-state index < -0.39 is 0 Å². The highest BCUT2D eigenvalue weighted by atomic mass is 16.5. The molecular weight excluding hydrogens is 236 g/mol. The van der Waals surface area contributed by atoms with Gasteiger partial charge in [0.15, 0.2) is 0 Å². The molecule has 0 radical (unpaired) electrons. The molecule has 1 saturated carbocycles. The van der Waals surface area contributed by atoms with Gasteiger partial charge in [-0.25, -0.2) is 0 Å². The summed E-state index contributed by atoms with van der Waals surface area (Å²) in [6.07, 6.45) is 4.58. The minimum absolute atomic E-state index is 0.0705. The lowest BCUT2D eigenvalue weighted by Gasteiger charge is -2.44. The highest BCUT2D eigenvalue weighted by Crippen LogP contribution is 2.42. The SMILES string of the molecule is CCOC1(C(NN)c2ccccc2)CCC(C)CC1. The third-order valence-corrected chi connectivity index (χ3v) is 4.38. The van der Waals surface area contributed by atoms with E-state index in [2.05, 4.69) is 43.5 Å². The smallest absolute Gasteiger partial charge is 0.0889 e. The third-order valence-electron chi connectivity index (χ3n) is 4.38. The average Bonchev–Trinajstić information content (AvgIpc) is 2.44. The molecule has 3 N–H and O–H groups in total. The lowest BCUT2D eigenvalue weighted by molar-refractivity contribution is -0.0977. The van der Waals surface area contributed by atoms with E-state index in [1.807, 2.05) is 6.07 Å². The maximum absolute atomic E-state index is 6.18. The van der Waals surface area contributed by atoms with E-state index >= 15 is 0 Å². The molecule has 3 heteroatoms. The zero-order valence-electron chi connectivity index (χ0n) is 12.1. The number of nitrogens with one attached hydrogen (secondary N) is 1. The molecule has 0 amide bonds. The fourth-order valence-electron chi connectivity index (χ4n) is 3.25. The van der Waals surface area contributed by atoms with Crippen LogP contribution in [0.15, 0.2) is 30.3 Å². The topological polar surface area (TPSA) is 47.3 Å². The number of rotatable bonds is 5. The molecule has 1 aromatic carbocycles. The second-order valence-electron chi connectivity index (χ2n) is 5.69. The summed E-state index contributed by atoms with van der Waals surface area (Å²) >= 11 is 0. The zero-order valence-corrected chi connectivity index (χ0v) is 12.1. The monoisotopic (exact) mass is 262 g/mol. The summed E-state index contributed by atoms with van der Waals surface area (Å²) in [4.78, 5) is 0. The fourth-order valence-corrected chi connectivity index (χ4v) is 3.25. The van der Waals surface area contributed by atoms with E-state index in [-0.39, 0.29) is 11.6 Å². The van der Waals surface area contributed by atoms with Gasteiger partial charge in [-0.05, 0) is 44.1 Å². The van der Waals surface area contributed by atoms with Crippen LogP contribution in [0.25, 0.3) is 0 Å². The summed E-state index contributed by atoms with van der Waals surface area (Å²) in [5.74, 6) is 6.65. The van der Waals surface area contributed by atoms with Crippen molar-refractivity contribution < 1.29 is 4.74 Å². The molecule has 1 aliphatic carbocycles. The van der Waals surface area contributed by atoms with E-state index in [0.29, 0.717) is 0 Å². The van der Waals surface area contributed by atoms with Crippen molar-refractivity contribution in [2.75, 3.05) is 6.61 Å². The van der Waals surface area contributed by atoms with Gasteiger partial charge in [0, 0.05) is 6.61 Å². The van der Waals surface area contributed by atoms with Crippen LogP contribution in [0, 0.1) is 5.92 Å². The van der Waals surface area contributed by atoms with Gasteiger partial charge >= 0.3 is 0 Å². The Hall–Kier alpha value is -0.900. The predicted octanol–water partition coefficient (Wildman–Crippen LogP) is 3.18. The number of hydrogen-bond donors (Lipinski definition) is 2. The molecule has 0 bridgehead atoms.